The molecule has 6 nitrogen and oxygen atoms in total. The summed E-state index contributed by atoms with van der Waals surface area (Å²) in [6.45, 7) is 0. The van der Waals surface area contributed by atoms with Crippen molar-refractivity contribution >= 4 is 11.7 Å². The third-order valence-corrected chi connectivity index (χ3v) is 5.65. The molecule has 1 saturated carbocycles. The molecule has 166 valence electrons. The van der Waals surface area contributed by atoms with Gasteiger partial charge in [0.05, 0.1) is 24.8 Å². The number of pyridine rings is 1. The lowest BCUT2D eigenvalue weighted by Crippen LogP contribution is -2.17. The molecule has 0 amide bonds. The van der Waals surface area contributed by atoms with Crippen molar-refractivity contribution in [3.05, 3.63) is 83.4 Å². The number of carboxylic acids is 1. The van der Waals surface area contributed by atoms with Crippen LogP contribution in [0, 0.1) is 5.82 Å². The van der Waals surface area contributed by atoms with Crippen LogP contribution in [0.3, 0.4) is 0 Å². The van der Waals surface area contributed by atoms with Crippen molar-refractivity contribution in [1.82, 2.24) is 4.98 Å². The van der Waals surface area contributed by atoms with Crippen LogP contribution in [0.4, 0.5) is 10.1 Å². The molecule has 1 atom stereocenters. The van der Waals surface area contributed by atoms with Crippen molar-refractivity contribution in [2.45, 2.75) is 37.8 Å². The number of halogens is 1. The summed E-state index contributed by atoms with van der Waals surface area (Å²) in [4.78, 5) is 15.6. The predicted octanol–water partition coefficient (Wildman–Crippen LogP) is 5.45. The maximum Gasteiger partial charge on any atom is 0.335 e. The lowest BCUT2D eigenvalue weighted by atomic mass is 9.98. The van der Waals surface area contributed by atoms with E-state index >= 15 is 4.39 Å². The molecule has 32 heavy (non-hydrogen) atoms. The zero-order valence-corrected chi connectivity index (χ0v) is 17.8. The number of aromatic carboxylic acids is 1. The number of hydrogen-bond donors (Lipinski definition) is 2. The van der Waals surface area contributed by atoms with Crippen molar-refractivity contribution in [3.8, 4) is 11.5 Å². The van der Waals surface area contributed by atoms with Gasteiger partial charge in [0.25, 0.3) is 0 Å². The van der Waals surface area contributed by atoms with E-state index in [0.717, 1.165) is 31.2 Å². The summed E-state index contributed by atoms with van der Waals surface area (Å²) >= 11 is 0. The van der Waals surface area contributed by atoms with Crippen molar-refractivity contribution in [2.75, 3.05) is 12.4 Å². The molecule has 0 aliphatic heterocycles. The minimum absolute atomic E-state index is 0.0364. The molecule has 0 spiro atoms. The second-order valence-corrected chi connectivity index (χ2v) is 7.77. The third-order valence-electron chi connectivity index (χ3n) is 5.65. The van der Waals surface area contributed by atoms with Gasteiger partial charge in [-0.2, -0.15) is 0 Å². The van der Waals surface area contributed by atoms with Gasteiger partial charge >= 0.3 is 5.97 Å². The molecule has 7 heteroatoms. The largest absolute Gasteiger partial charge is 0.493 e. The molecule has 1 fully saturated rings. The highest BCUT2D eigenvalue weighted by molar-refractivity contribution is 5.88. The van der Waals surface area contributed by atoms with E-state index in [1.54, 1.807) is 42.7 Å². The number of methoxy groups -OCH3 is 1. The summed E-state index contributed by atoms with van der Waals surface area (Å²) < 4.78 is 27.3. The van der Waals surface area contributed by atoms with Gasteiger partial charge in [-0.1, -0.05) is 12.1 Å². The molecule has 2 aromatic carbocycles. The molecule has 0 saturated heterocycles. The fourth-order valence-corrected chi connectivity index (χ4v) is 4.02. The van der Waals surface area contributed by atoms with E-state index in [9.17, 15) is 9.90 Å². The Bertz CT molecular complexity index is 1080. The molecule has 0 radical (unpaired) electrons. The minimum Gasteiger partial charge on any atom is -0.493 e. The number of carboxylic acid groups (broad SMARTS) is 1. The first-order chi connectivity index (χ1) is 15.6. The number of benzene rings is 2. The first-order valence-corrected chi connectivity index (χ1v) is 10.6. The van der Waals surface area contributed by atoms with Gasteiger partial charge in [-0.15, -0.1) is 0 Å². The minimum atomic E-state index is -1.03. The second kappa shape index (κ2) is 9.68. The Balaban J connectivity index is 1.76. The standard InChI is InChI=1S/C25H25FN2O4/c1-31-21-12-11-20(22(26)24(21)32-19-9-2-3-10-19)23(17-7-5-13-27-15-17)28-18-8-4-6-16(14-18)25(29)30/h4-8,11-15,19,23,28H,2-3,9-10H2,1H3,(H,29,30). The number of hydrogen-bond acceptors (Lipinski definition) is 5. The molecule has 2 N–H and O–H groups in total. The lowest BCUT2D eigenvalue weighted by molar-refractivity contribution is 0.0697. The van der Waals surface area contributed by atoms with Gasteiger partial charge in [0.2, 0.25) is 0 Å². The highest BCUT2D eigenvalue weighted by Crippen LogP contribution is 2.39. The van der Waals surface area contributed by atoms with Crippen LogP contribution < -0.4 is 14.8 Å². The van der Waals surface area contributed by atoms with Gasteiger partial charge in [0.15, 0.2) is 17.3 Å². The number of aromatic nitrogens is 1. The summed E-state index contributed by atoms with van der Waals surface area (Å²) in [6, 6.07) is 12.8. The average Bonchev–Trinajstić information content (AvgIpc) is 3.33. The third kappa shape index (κ3) is 4.66. The molecule has 1 aromatic heterocycles. The fourth-order valence-electron chi connectivity index (χ4n) is 4.02. The van der Waals surface area contributed by atoms with Crippen molar-refractivity contribution < 1.29 is 23.8 Å². The van der Waals surface area contributed by atoms with Gasteiger partial charge in [0, 0.05) is 23.6 Å². The Hall–Kier alpha value is -3.61. The molecular weight excluding hydrogens is 411 g/mol. The van der Waals surface area contributed by atoms with Crippen LogP contribution in [0.5, 0.6) is 11.5 Å². The number of anilines is 1. The number of rotatable bonds is 8. The number of nitrogens with one attached hydrogen (secondary N) is 1. The van der Waals surface area contributed by atoms with Gasteiger partial charge in [-0.05, 0) is 67.6 Å². The number of carbonyl (C=O) groups is 1. The van der Waals surface area contributed by atoms with Crippen LogP contribution in [0.15, 0.2) is 60.9 Å². The monoisotopic (exact) mass is 436 g/mol. The van der Waals surface area contributed by atoms with E-state index in [2.05, 4.69) is 10.3 Å². The van der Waals surface area contributed by atoms with Gasteiger partial charge in [0.1, 0.15) is 0 Å². The second-order valence-electron chi connectivity index (χ2n) is 7.77. The Labute approximate surface area is 186 Å². The maximum atomic E-state index is 15.9. The van der Waals surface area contributed by atoms with E-state index in [1.807, 2.05) is 6.07 Å². The Morgan fingerprint density at radius 1 is 1.19 bits per heavy atom. The first kappa shape index (κ1) is 21.6. The predicted molar refractivity (Wildman–Crippen MR) is 119 cm³/mol. The van der Waals surface area contributed by atoms with Crippen LogP contribution >= 0.6 is 0 Å². The normalized spacial score (nSPS) is 14.7. The molecule has 1 unspecified atom stereocenters. The summed E-state index contributed by atoms with van der Waals surface area (Å²) in [5.74, 6) is -1.09. The SMILES string of the molecule is COc1ccc(C(Nc2cccc(C(=O)O)c2)c2cccnc2)c(F)c1OC1CCCC1. The Morgan fingerprint density at radius 2 is 2.00 bits per heavy atom. The molecule has 1 heterocycles. The lowest BCUT2D eigenvalue weighted by Gasteiger charge is -2.24. The van der Waals surface area contributed by atoms with Crippen LogP contribution in [0.25, 0.3) is 0 Å². The number of nitrogens with zero attached hydrogens (tertiary/aromatic N) is 1. The Kier molecular flexibility index (Phi) is 6.54. The van der Waals surface area contributed by atoms with Crippen LogP contribution in [0.2, 0.25) is 0 Å². The van der Waals surface area contributed by atoms with Crippen molar-refractivity contribution in [2.24, 2.45) is 0 Å². The van der Waals surface area contributed by atoms with E-state index in [1.165, 1.54) is 19.2 Å². The first-order valence-electron chi connectivity index (χ1n) is 10.6. The zero-order chi connectivity index (χ0) is 22.5. The van der Waals surface area contributed by atoms with E-state index in [-0.39, 0.29) is 17.4 Å². The van der Waals surface area contributed by atoms with Crippen molar-refractivity contribution in [3.63, 3.8) is 0 Å². The summed E-state index contributed by atoms with van der Waals surface area (Å²) in [7, 11) is 1.49. The topological polar surface area (TPSA) is 80.7 Å². The zero-order valence-electron chi connectivity index (χ0n) is 17.8. The van der Waals surface area contributed by atoms with Gasteiger partial charge < -0.3 is 19.9 Å². The van der Waals surface area contributed by atoms with E-state index in [4.69, 9.17) is 9.47 Å². The van der Waals surface area contributed by atoms with Crippen LogP contribution in [0.1, 0.15) is 53.2 Å². The average molecular weight is 436 g/mol. The molecule has 0 bridgehead atoms. The van der Waals surface area contributed by atoms with Gasteiger partial charge in [-0.3, -0.25) is 4.98 Å². The quantitative estimate of drug-likeness (QED) is 0.489. The van der Waals surface area contributed by atoms with E-state index in [0.29, 0.717) is 17.0 Å². The summed E-state index contributed by atoms with van der Waals surface area (Å²) in [6.07, 6.45) is 7.16. The summed E-state index contributed by atoms with van der Waals surface area (Å²) in [5, 5.41) is 12.6. The highest BCUT2D eigenvalue weighted by atomic mass is 19.1. The molecular formula is C25H25FN2O4. The smallest absolute Gasteiger partial charge is 0.335 e. The molecule has 4 rings (SSSR count). The maximum absolute atomic E-state index is 15.9. The van der Waals surface area contributed by atoms with Crippen molar-refractivity contribution in [1.29, 1.82) is 0 Å². The van der Waals surface area contributed by atoms with E-state index < -0.39 is 17.8 Å². The number of ether oxygens (including phenoxy) is 2. The fraction of sp³-hybridized carbons (Fsp3) is 0.280. The van der Waals surface area contributed by atoms with Gasteiger partial charge in [-0.25, -0.2) is 9.18 Å². The molecule has 1 aliphatic carbocycles. The molecule has 1 aliphatic rings. The van der Waals surface area contributed by atoms with Crippen LogP contribution in [-0.4, -0.2) is 29.3 Å². The summed E-state index contributed by atoms with van der Waals surface area (Å²) in [5.41, 5.74) is 1.77. The molecule has 3 aromatic rings. The van der Waals surface area contributed by atoms with Crippen LogP contribution in [-0.2, 0) is 0 Å². The highest BCUT2D eigenvalue weighted by Gasteiger charge is 2.27. The Morgan fingerprint density at radius 3 is 2.69 bits per heavy atom.